The summed E-state index contributed by atoms with van der Waals surface area (Å²) in [4.78, 5) is 20.5. The van der Waals surface area contributed by atoms with Crippen molar-refractivity contribution in [2.75, 3.05) is 18.4 Å². The average molecular weight is 614 g/mol. The Morgan fingerprint density at radius 3 is 2.54 bits per heavy atom. The number of halogens is 2. The van der Waals surface area contributed by atoms with E-state index in [-0.39, 0.29) is 11.7 Å². The molecule has 0 spiro atoms. The van der Waals surface area contributed by atoms with Gasteiger partial charge in [0.1, 0.15) is 22.9 Å². The first kappa shape index (κ1) is 27.1. The highest BCUT2D eigenvalue weighted by atomic mass is 79.9. The summed E-state index contributed by atoms with van der Waals surface area (Å²) in [5, 5.41) is 8.28. The lowest BCUT2D eigenvalue weighted by atomic mass is 9.89. The lowest BCUT2D eigenvalue weighted by Crippen LogP contribution is -2.38. The maximum Gasteiger partial charge on any atom is 0.259 e. The van der Waals surface area contributed by atoms with E-state index in [0.29, 0.717) is 59.3 Å². The van der Waals surface area contributed by atoms with Crippen molar-refractivity contribution in [3.05, 3.63) is 118 Å². The van der Waals surface area contributed by atoms with Crippen LogP contribution >= 0.6 is 15.9 Å². The molecule has 1 fully saturated rings. The molecule has 0 aliphatic carbocycles. The first-order chi connectivity index (χ1) is 20.0. The predicted molar refractivity (Wildman–Crippen MR) is 162 cm³/mol. The van der Waals surface area contributed by atoms with Crippen LogP contribution in [0, 0.1) is 5.82 Å². The topological polar surface area (TPSA) is 88.5 Å². The van der Waals surface area contributed by atoms with E-state index in [4.69, 9.17) is 10.8 Å². The highest BCUT2D eigenvalue weighted by Crippen LogP contribution is 2.35. The molecule has 6 rings (SSSR count). The summed E-state index contributed by atoms with van der Waals surface area (Å²) in [6, 6.07) is 24.7. The molecular weight excluding hydrogens is 583 g/mol. The van der Waals surface area contributed by atoms with Gasteiger partial charge in [0, 0.05) is 37.9 Å². The van der Waals surface area contributed by atoms with E-state index in [1.807, 2.05) is 41.3 Å². The molecule has 7 nitrogen and oxygen atoms in total. The van der Waals surface area contributed by atoms with Crippen molar-refractivity contribution in [3.8, 4) is 11.3 Å². The Labute approximate surface area is 246 Å². The lowest BCUT2D eigenvalue weighted by Gasteiger charge is -2.32. The third kappa shape index (κ3) is 5.47. The van der Waals surface area contributed by atoms with Crippen LogP contribution < -0.4 is 11.1 Å². The Balaban J connectivity index is 1.37. The van der Waals surface area contributed by atoms with E-state index in [1.54, 1.807) is 16.8 Å². The van der Waals surface area contributed by atoms with Gasteiger partial charge in [0.05, 0.1) is 4.47 Å². The van der Waals surface area contributed by atoms with E-state index < -0.39 is 0 Å². The molecule has 0 radical (unpaired) electrons. The standard InChI is InChI=1S/C32H30BrFN6O/c33-28-29(26-12-5-4-10-24(26)18-35)38-40-30(36-19-21-7-6-11-25(34)17-21)27(20-37-31(28)40)32(41)39-15-13-23(14-16-39)22-8-2-1-3-9-22/h1-12,17,20,23,36H,13-16,18-19,35H2. The molecule has 1 aliphatic rings. The maximum atomic E-state index is 14.0. The predicted octanol–water partition coefficient (Wildman–Crippen LogP) is 6.39. The van der Waals surface area contributed by atoms with Crippen molar-refractivity contribution >= 4 is 33.3 Å². The number of nitrogens with one attached hydrogen (secondary N) is 1. The number of nitrogens with zero attached hydrogens (tertiary/aromatic N) is 4. The number of piperidine rings is 1. The lowest BCUT2D eigenvalue weighted by molar-refractivity contribution is 0.0713. The number of carbonyl (C=O) groups is 1. The second-order valence-electron chi connectivity index (χ2n) is 10.2. The van der Waals surface area contributed by atoms with E-state index >= 15 is 0 Å². The van der Waals surface area contributed by atoms with E-state index in [1.165, 1.54) is 17.7 Å². The molecule has 1 aliphatic heterocycles. The number of carbonyl (C=O) groups excluding carboxylic acids is 1. The van der Waals surface area contributed by atoms with Gasteiger partial charge in [-0.15, -0.1) is 0 Å². The normalized spacial score (nSPS) is 14.0. The Hall–Kier alpha value is -4.08. The van der Waals surface area contributed by atoms with Gasteiger partial charge >= 0.3 is 0 Å². The van der Waals surface area contributed by atoms with Gasteiger partial charge in [0.2, 0.25) is 0 Å². The molecule has 0 saturated carbocycles. The minimum absolute atomic E-state index is 0.108. The summed E-state index contributed by atoms with van der Waals surface area (Å²) in [6.45, 7) is 1.96. The van der Waals surface area contributed by atoms with Crippen molar-refractivity contribution in [2.24, 2.45) is 5.73 Å². The number of fused-ring (bicyclic) bond motifs is 1. The van der Waals surface area contributed by atoms with Crippen LogP contribution in [0.5, 0.6) is 0 Å². The Morgan fingerprint density at radius 1 is 1.02 bits per heavy atom. The summed E-state index contributed by atoms with van der Waals surface area (Å²) in [7, 11) is 0. The highest BCUT2D eigenvalue weighted by molar-refractivity contribution is 9.10. The average Bonchev–Trinajstić information content (AvgIpc) is 3.36. The fraction of sp³-hybridized carbons (Fsp3) is 0.219. The van der Waals surface area contributed by atoms with Crippen LogP contribution in [0.2, 0.25) is 0 Å². The van der Waals surface area contributed by atoms with E-state index in [0.717, 1.165) is 29.5 Å². The molecule has 1 amide bonds. The van der Waals surface area contributed by atoms with Gasteiger partial charge in [-0.2, -0.15) is 9.61 Å². The Morgan fingerprint density at radius 2 is 1.78 bits per heavy atom. The minimum Gasteiger partial charge on any atom is -0.365 e. The van der Waals surface area contributed by atoms with Crippen molar-refractivity contribution in [1.82, 2.24) is 19.5 Å². The van der Waals surface area contributed by atoms with Crippen LogP contribution in [0.3, 0.4) is 0 Å². The number of rotatable bonds is 7. The fourth-order valence-electron chi connectivity index (χ4n) is 5.53. The number of nitrogens with two attached hydrogens (primary N) is 1. The minimum atomic E-state index is -0.315. The van der Waals surface area contributed by atoms with Crippen molar-refractivity contribution in [1.29, 1.82) is 0 Å². The molecule has 9 heteroatoms. The molecule has 0 bridgehead atoms. The fourth-order valence-corrected chi connectivity index (χ4v) is 6.09. The van der Waals surface area contributed by atoms with Crippen LogP contribution in [0.1, 0.15) is 45.8 Å². The Kier molecular flexibility index (Phi) is 7.80. The van der Waals surface area contributed by atoms with Gasteiger partial charge in [0.25, 0.3) is 5.91 Å². The number of anilines is 1. The second-order valence-corrected chi connectivity index (χ2v) is 11.0. The maximum absolute atomic E-state index is 14.0. The monoisotopic (exact) mass is 612 g/mol. The number of hydrogen-bond donors (Lipinski definition) is 2. The van der Waals surface area contributed by atoms with Crippen molar-refractivity contribution in [3.63, 3.8) is 0 Å². The molecule has 3 aromatic carbocycles. The van der Waals surface area contributed by atoms with Crippen LogP contribution in [0.4, 0.5) is 10.2 Å². The molecule has 1 saturated heterocycles. The summed E-state index contributed by atoms with van der Waals surface area (Å²) in [6.07, 6.45) is 3.40. The van der Waals surface area contributed by atoms with Crippen LogP contribution in [-0.4, -0.2) is 38.5 Å². The summed E-state index contributed by atoms with van der Waals surface area (Å²) >= 11 is 3.70. The third-order valence-corrected chi connectivity index (χ3v) is 8.44. The van der Waals surface area contributed by atoms with Gasteiger partial charge in [-0.05, 0) is 63.5 Å². The molecule has 2 aromatic heterocycles. The van der Waals surface area contributed by atoms with Gasteiger partial charge in [-0.3, -0.25) is 4.79 Å². The van der Waals surface area contributed by atoms with Gasteiger partial charge in [0.15, 0.2) is 5.65 Å². The number of amides is 1. The van der Waals surface area contributed by atoms with Crippen molar-refractivity contribution in [2.45, 2.75) is 31.8 Å². The number of benzene rings is 3. The van der Waals surface area contributed by atoms with Crippen molar-refractivity contribution < 1.29 is 9.18 Å². The smallest absolute Gasteiger partial charge is 0.259 e. The molecule has 5 aromatic rings. The van der Waals surface area contributed by atoms with Gasteiger partial charge < -0.3 is 16.0 Å². The summed E-state index contributed by atoms with van der Waals surface area (Å²) in [5.41, 5.74) is 11.6. The Bertz CT molecular complexity index is 1700. The molecule has 208 valence electrons. The van der Waals surface area contributed by atoms with Gasteiger partial charge in [-0.1, -0.05) is 66.7 Å². The highest BCUT2D eigenvalue weighted by Gasteiger charge is 2.28. The summed E-state index contributed by atoms with van der Waals surface area (Å²) < 4.78 is 16.3. The molecule has 3 heterocycles. The van der Waals surface area contributed by atoms with Crippen LogP contribution in [0.15, 0.2) is 89.5 Å². The molecule has 41 heavy (non-hydrogen) atoms. The zero-order chi connectivity index (χ0) is 28.3. The number of hydrogen-bond acceptors (Lipinski definition) is 5. The zero-order valence-corrected chi connectivity index (χ0v) is 24.0. The summed E-state index contributed by atoms with van der Waals surface area (Å²) in [5.74, 6) is 0.512. The van der Waals surface area contributed by atoms with Crippen LogP contribution in [0.25, 0.3) is 16.9 Å². The molecule has 0 atom stereocenters. The number of likely N-dealkylation sites (tertiary alicyclic amines) is 1. The first-order valence-corrected chi connectivity index (χ1v) is 14.5. The zero-order valence-electron chi connectivity index (χ0n) is 22.4. The SMILES string of the molecule is NCc1ccccc1-c1nn2c(NCc3cccc(F)c3)c(C(=O)N3CCC(c4ccccc4)CC3)cnc2c1Br. The quantitative estimate of drug-likeness (QED) is 0.222. The third-order valence-electron chi connectivity index (χ3n) is 7.71. The number of aromatic nitrogens is 3. The largest absolute Gasteiger partial charge is 0.365 e. The van der Waals surface area contributed by atoms with Crippen LogP contribution in [-0.2, 0) is 13.1 Å². The van der Waals surface area contributed by atoms with E-state index in [2.05, 4.69) is 50.5 Å². The van der Waals surface area contributed by atoms with Gasteiger partial charge in [-0.25, -0.2) is 9.37 Å². The molecule has 0 unspecified atom stereocenters. The van der Waals surface area contributed by atoms with E-state index in [9.17, 15) is 9.18 Å². The first-order valence-electron chi connectivity index (χ1n) is 13.7. The molecular formula is C32H30BrFN6O. The molecule has 3 N–H and O–H groups in total. The second kappa shape index (κ2) is 11.8.